The molecule has 0 bridgehead atoms. The Morgan fingerprint density at radius 1 is 1.50 bits per heavy atom. The van der Waals surface area contributed by atoms with E-state index < -0.39 is 5.60 Å². The van der Waals surface area contributed by atoms with E-state index in [9.17, 15) is 4.79 Å². The molecule has 1 amide bonds. The third kappa shape index (κ3) is 2.42. The van der Waals surface area contributed by atoms with Crippen LogP contribution in [0.2, 0.25) is 5.15 Å². The van der Waals surface area contributed by atoms with E-state index >= 15 is 0 Å². The van der Waals surface area contributed by atoms with E-state index in [2.05, 4.69) is 4.98 Å². The summed E-state index contributed by atoms with van der Waals surface area (Å²) in [5.41, 5.74) is 0.237. The van der Waals surface area contributed by atoms with Gasteiger partial charge in [0.05, 0.1) is 13.1 Å². The van der Waals surface area contributed by atoms with Gasteiger partial charge >= 0.3 is 6.09 Å². The lowest BCUT2D eigenvalue weighted by atomic mass is 9.90. The number of fused-ring (bicyclic) bond motifs is 1. The maximum absolute atomic E-state index is 11.9. The first-order valence-electron chi connectivity index (χ1n) is 6.58. The van der Waals surface area contributed by atoms with E-state index in [1.807, 2.05) is 20.8 Å². The maximum atomic E-state index is 11.9. The van der Waals surface area contributed by atoms with Crippen molar-refractivity contribution in [3.05, 3.63) is 23.0 Å². The van der Waals surface area contributed by atoms with Crippen molar-refractivity contribution < 1.29 is 14.3 Å². The third-order valence-corrected chi connectivity index (χ3v) is 3.57. The van der Waals surface area contributed by atoms with E-state index in [4.69, 9.17) is 21.1 Å². The first-order valence-corrected chi connectivity index (χ1v) is 6.96. The van der Waals surface area contributed by atoms with Crippen LogP contribution in [0.1, 0.15) is 26.3 Å². The van der Waals surface area contributed by atoms with E-state index in [0.717, 1.165) is 17.7 Å². The van der Waals surface area contributed by atoms with Gasteiger partial charge in [-0.25, -0.2) is 9.78 Å². The summed E-state index contributed by atoms with van der Waals surface area (Å²) < 4.78 is 11.3. The molecule has 1 spiro atoms. The average molecular weight is 297 g/mol. The van der Waals surface area contributed by atoms with Gasteiger partial charge in [-0.05, 0) is 20.8 Å². The van der Waals surface area contributed by atoms with E-state index in [1.54, 1.807) is 17.2 Å². The Labute approximate surface area is 122 Å². The highest BCUT2D eigenvalue weighted by Gasteiger charge is 2.52. The van der Waals surface area contributed by atoms with Crippen LogP contribution in [0.25, 0.3) is 0 Å². The molecule has 1 fully saturated rings. The number of hydrogen-bond donors (Lipinski definition) is 0. The topological polar surface area (TPSA) is 51.7 Å². The average Bonchev–Trinajstić information content (AvgIpc) is 2.62. The molecule has 1 aromatic heterocycles. The van der Waals surface area contributed by atoms with E-state index in [-0.39, 0.29) is 11.7 Å². The molecule has 1 aromatic rings. The first-order chi connectivity index (χ1) is 9.26. The quantitative estimate of drug-likeness (QED) is 0.691. The zero-order valence-electron chi connectivity index (χ0n) is 11.8. The van der Waals surface area contributed by atoms with Gasteiger partial charge in [0.2, 0.25) is 0 Å². The van der Waals surface area contributed by atoms with Gasteiger partial charge in [0.15, 0.2) is 0 Å². The number of nitrogens with zero attached hydrogens (tertiary/aromatic N) is 2. The fourth-order valence-corrected chi connectivity index (χ4v) is 2.71. The van der Waals surface area contributed by atoms with Crippen LogP contribution >= 0.6 is 11.6 Å². The number of hydrogen-bond acceptors (Lipinski definition) is 4. The molecule has 6 heteroatoms. The molecule has 5 nitrogen and oxygen atoms in total. The normalized spacial score (nSPS) is 19.3. The van der Waals surface area contributed by atoms with Gasteiger partial charge in [0.25, 0.3) is 0 Å². The zero-order valence-corrected chi connectivity index (χ0v) is 12.5. The highest BCUT2D eigenvalue weighted by atomic mass is 35.5. The molecule has 3 heterocycles. The minimum Gasteiger partial charge on any atom is -0.483 e. The number of likely N-dealkylation sites (tertiary alicyclic amines) is 1. The molecule has 2 aliphatic rings. The number of carbonyl (C=O) groups excluding carboxylic acids is 1. The van der Waals surface area contributed by atoms with Crippen LogP contribution in [0.5, 0.6) is 5.75 Å². The summed E-state index contributed by atoms with van der Waals surface area (Å²) in [6, 6.07) is 1.72. The van der Waals surface area contributed by atoms with Crippen LogP contribution in [-0.2, 0) is 11.2 Å². The van der Waals surface area contributed by atoms with Gasteiger partial charge in [0, 0.05) is 24.2 Å². The summed E-state index contributed by atoms with van der Waals surface area (Å²) in [5, 5.41) is 0.420. The highest BCUT2D eigenvalue weighted by Crippen LogP contribution is 2.41. The predicted octanol–water partition coefficient (Wildman–Crippen LogP) is 2.66. The summed E-state index contributed by atoms with van der Waals surface area (Å²) >= 11 is 5.85. The molecule has 20 heavy (non-hydrogen) atoms. The zero-order chi connectivity index (χ0) is 14.5. The molecule has 0 unspecified atom stereocenters. The van der Waals surface area contributed by atoms with Crippen molar-refractivity contribution in [3.63, 3.8) is 0 Å². The fourth-order valence-electron chi connectivity index (χ4n) is 2.57. The van der Waals surface area contributed by atoms with Crippen molar-refractivity contribution in [1.29, 1.82) is 0 Å². The van der Waals surface area contributed by atoms with Gasteiger partial charge < -0.3 is 14.4 Å². The molecule has 0 atom stereocenters. The molecule has 0 aliphatic carbocycles. The van der Waals surface area contributed by atoms with E-state index in [1.165, 1.54) is 0 Å². The van der Waals surface area contributed by atoms with Gasteiger partial charge in [-0.15, -0.1) is 0 Å². The van der Waals surface area contributed by atoms with Crippen LogP contribution in [-0.4, -0.2) is 40.3 Å². The van der Waals surface area contributed by atoms with Crippen molar-refractivity contribution in [2.45, 2.75) is 38.4 Å². The first kappa shape index (κ1) is 13.5. The molecule has 1 saturated heterocycles. The van der Waals surface area contributed by atoms with Crippen LogP contribution in [0.15, 0.2) is 12.3 Å². The summed E-state index contributed by atoms with van der Waals surface area (Å²) in [6.45, 7) is 6.64. The minimum absolute atomic E-state index is 0.293. The number of amides is 1. The van der Waals surface area contributed by atoms with Crippen LogP contribution in [0.3, 0.4) is 0 Å². The van der Waals surface area contributed by atoms with Crippen molar-refractivity contribution in [1.82, 2.24) is 9.88 Å². The Hall–Kier alpha value is -1.49. The molecule has 0 saturated carbocycles. The summed E-state index contributed by atoms with van der Waals surface area (Å²) in [7, 11) is 0. The fraction of sp³-hybridized carbons (Fsp3) is 0.571. The summed E-state index contributed by atoms with van der Waals surface area (Å²) in [6.07, 6.45) is 2.20. The van der Waals surface area contributed by atoms with Crippen molar-refractivity contribution in [2.24, 2.45) is 0 Å². The predicted molar refractivity (Wildman–Crippen MR) is 74.1 cm³/mol. The Bertz CT molecular complexity index is 562. The molecule has 2 aliphatic heterocycles. The molecule has 0 radical (unpaired) electrons. The lowest BCUT2D eigenvalue weighted by molar-refractivity contribution is -0.0703. The molecule has 3 rings (SSSR count). The number of aromatic nitrogens is 1. The van der Waals surface area contributed by atoms with Crippen molar-refractivity contribution in [3.8, 4) is 5.75 Å². The molecular formula is C14H17ClN2O3. The third-order valence-electron chi connectivity index (χ3n) is 3.36. The lowest BCUT2D eigenvalue weighted by Crippen LogP contribution is -2.66. The minimum atomic E-state index is -0.475. The second-order valence-corrected chi connectivity index (χ2v) is 6.80. The molecule has 108 valence electrons. The second kappa shape index (κ2) is 4.25. The summed E-state index contributed by atoms with van der Waals surface area (Å²) in [4.78, 5) is 17.6. The SMILES string of the molecule is CC(C)(C)OC(=O)N1CC2(Cc3cnc(Cl)cc3O2)C1. The monoisotopic (exact) mass is 296 g/mol. The van der Waals surface area contributed by atoms with Gasteiger partial charge in [-0.1, -0.05) is 11.6 Å². The number of ether oxygens (including phenoxy) is 2. The molecule has 0 N–H and O–H groups in total. The Morgan fingerprint density at radius 3 is 2.85 bits per heavy atom. The number of pyridine rings is 1. The van der Waals surface area contributed by atoms with Gasteiger partial charge in [-0.2, -0.15) is 0 Å². The molecular weight excluding hydrogens is 280 g/mol. The number of halogens is 1. The van der Waals surface area contributed by atoms with Gasteiger partial charge in [0.1, 0.15) is 22.1 Å². The van der Waals surface area contributed by atoms with Crippen LogP contribution in [0, 0.1) is 0 Å². The molecule has 0 aromatic carbocycles. The second-order valence-electron chi connectivity index (χ2n) is 6.41. The number of carbonyl (C=O) groups is 1. The summed E-state index contributed by atoms with van der Waals surface area (Å²) in [5.74, 6) is 0.772. The maximum Gasteiger partial charge on any atom is 0.410 e. The lowest BCUT2D eigenvalue weighted by Gasteiger charge is -2.46. The van der Waals surface area contributed by atoms with Crippen molar-refractivity contribution in [2.75, 3.05) is 13.1 Å². The van der Waals surface area contributed by atoms with Crippen molar-refractivity contribution >= 4 is 17.7 Å². The van der Waals surface area contributed by atoms with Crippen LogP contribution < -0.4 is 4.74 Å². The Balaban J connectivity index is 1.63. The Morgan fingerprint density at radius 2 is 2.20 bits per heavy atom. The van der Waals surface area contributed by atoms with Crippen LogP contribution in [0.4, 0.5) is 4.79 Å². The van der Waals surface area contributed by atoms with Gasteiger partial charge in [-0.3, -0.25) is 0 Å². The number of rotatable bonds is 0. The smallest absolute Gasteiger partial charge is 0.410 e. The Kier molecular flexibility index (Phi) is 2.87. The largest absolute Gasteiger partial charge is 0.483 e. The highest BCUT2D eigenvalue weighted by molar-refractivity contribution is 6.29. The standard InChI is InChI=1S/C14H17ClN2O3/c1-13(2,3)20-12(18)17-7-14(8-17)5-9-6-16-11(15)4-10(9)19-14/h4,6H,5,7-8H2,1-3H3. The van der Waals surface area contributed by atoms with E-state index in [0.29, 0.717) is 18.2 Å².